The molecule has 2 aliphatic rings. The van der Waals surface area contributed by atoms with Crippen LogP contribution in [0.15, 0.2) is 60.9 Å². The summed E-state index contributed by atoms with van der Waals surface area (Å²) >= 11 is 6.60. The van der Waals surface area contributed by atoms with E-state index in [0.717, 1.165) is 49.5 Å². The third kappa shape index (κ3) is 5.99. The van der Waals surface area contributed by atoms with Crippen molar-refractivity contribution < 1.29 is 14.3 Å². The molecule has 4 aromatic rings. The van der Waals surface area contributed by atoms with Gasteiger partial charge < -0.3 is 19.7 Å². The summed E-state index contributed by atoms with van der Waals surface area (Å²) < 4.78 is 11.0. The molecule has 0 bridgehead atoms. The molecule has 2 amide bonds. The third-order valence-electron chi connectivity index (χ3n) is 7.96. The molecule has 0 spiro atoms. The molecule has 0 unspecified atom stereocenters. The molecule has 2 aliphatic heterocycles. The lowest BCUT2D eigenvalue weighted by Crippen LogP contribution is -2.46. The van der Waals surface area contributed by atoms with Crippen molar-refractivity contribution in [3.8, 4) is 11.5 Å². The fraction of sp³-hybridized carbons (Fsp3) is 0.312. The number of hydrogen-bond donors (Lipinski definition) is 1. The lowest BCUT2D eigenvalue weighted by Gasteiger charge is -2.36. The number of aromatic nitrogens is 3. The second-order valence-electron chi connectivity index (χ2n) is 10.9. The second-order valence-corrected chi connectivity index (χ2v) is 11.4. The van der Waals surface area contributed by atoms with Crippen LogP contribution in [-0.4, -0.2) is 78.2 Å². The molecule has 228 valence electrons. The Labute approximate surface area is 262 Å². The topological polar surface area (TPSA) is 99.2 Å². The first kappa shape index (κ1) is 29.6. The van der Waals surface area contributed by atoms with Crippen LogP contribution >= 0.6 is 11.6 Å². The van der Waals surface area contributed by atoms with Crippen molar-refractivity contribution in [2.75, 3.05) is 62.6 Å². The minimum Gasteiger partial charge on any atom is -0.495 e. The number of halogens is 1. The summed E-state index contributed by atoms with van der Waals surface area (Å²) in [6, 6.07) is 14.8. The highest BCUT2D eigenvalue weighted by Crippen LogP contribution is 2.39. The standard InChI is InChI=1S/C32H35ClN8O3/c1-21-6-5-7-25(33)29(21)40-20-23-17-35-31(37-30(23)41(32(40)42)28-11-9-24(43-3)18-34-28)36-26-10-8-22(16-27(26)44-4)19-39-14-12-38(2)13-15-39/h5-11,16-18H,12-15,19-20H2,1-4H3,(H,35,36,37). The monoisotopic (exact) mass is 614 g/mol. The first-order valence-corrected chi connectivity index (χ1v) is 14.8. The maximum absolute atomic E-state index is 14.2. The number of benzene rings is 2. The number of rotatable bonds is 8. The van der Waals surface area contributed by atoms with Crippen LogP contribution in [0.2, 0.25) is 5.02 Å². The van der Waals surface area contributed by atoms with Crippen molar-refractivity contribution in [2.24, 2.45) is 0 Å². The summed E-state index contributed by atoms with van der Waals surface area (Å²) in [7, 11) is 5.37. The van der Waals surface area contributed by atoms with E-state index in [1.807, 2.05) is 31.2 Å². The SMILES string of the molecule is COc1ccc(N2C(=O)N(c3c(C)cccc3Cl)Cc3cnc(Nc4ccc(CN5CCN(C)CC5)cc4OC)nc32)nc1. The van der Waals surface area contributed by atoms with Crippen LogP contribution in [0.5, 0.6) is 11.5 Å². The number of ether oxygens (including phenoxy) is 2. The largest absolute Gasteiger partial charge is 0.495 e. The number of likely N-dealkylation sites (N-methyl/N-ethyl adjacent to an activating group) is 1. The number of piperazine rings is 1. The number of anilines is 5. The average Bonchev–Trinajstić information content (AvgIpc) is 3.03. The number of para-hydroxylation sites is 1. The zero-order valence-electron chi connectivity index (χ0n) is 25.2. The van der Waals surface area contributed by atoms with Gasteiger partial charge in [0.2, 0.25) is 5.95 Å². The van der Waals surface area contributed by atoms with E-state index in [9.17, 15) is 4.79 Å². The Hall–Kier alpha value is -4.45. The van der Waals surface area contributed by atoms with E-state index in [1.54, 1.807) is 49.7 Å². The van der Waals surface area contributed by atoms with E-state index in [2.05, 4.69) is 38.2 Å². The van der Waals surface area contributed by atoms with Gasteiger partial charge in [0.1, 0.15) is 17.3 Å². The quantitative estimate of drug-likeness (QED) is 0.271. The highest BCUT2D eigenvalue weighted by Gasteiger charge is 2.36. The van der Waals surface area contributed by atoms with Crippen molar-refractivity contribution in [1.29, 1.82) is 0 Å². The molecule has 4 heterocycles. The zero-order chi connectivity index (χ0) is 30.8. The first-order chi connectivity index (χ1) is 21.3. The molecule has 2 aromatic carbocycles. The molecule has 44 heavy (non-hydrogen) atoms. The van der Waals surface area contributed by atoms with Crippen LogP contribution < -0.4 is 24.6 Å². The summed E-state index contributed by atoms with van der Waals surface area (Å²) in [5, 5.41) is 3.77. The van der Waals surface area contributed by atoms with Gasteiger partial charge in [-0.2, -0.15) is 4.98 Å². The van der Waals surface area contributed by atoms with Gasteiger partial charge in [-0.3, -0.25) is 9.80 Å². The smallest absolute Gasteiger partial charge is 0.336 e. The van der Waals surface area contributed by atoms with Gasteiger partial charge in [-0.1, -0.05) is 29.8 Å². The Morgan fingerprint density at radius 1 is 0.977 bits per heavy atom. The number of nitrogens with one attached hydrogen (secondary N) is 1. The van der Waals surface area contributed by atoms with Crippen LogP contribution in [0.4, 0.5) is 33.8 Å². The molecule has 0 aliphatic carbocycles. The number of fused-ring (bicyclic) bond motifs is 1. The number of carbonyl (C=O) groups is 1. The van der Waals surface area contributed by atoms with Crippen molar-refractivity contribution in [3.05, 3.63) is 82.6 Å². The molecule has 1 fully saturated rings. The van der Waals surface area contributed by atoms with Gasteiger partial charge in [-0.25, -0.2) is 19.7 Å². The van der Waals surface area contributed by atoms with Gasteiger partial charge in [-0.15, -0.1) is 0 Å². The fourth-order valence-electron chi connectivity index (χ4n) is 5.51. The average molecular weight is 615 g/mol. The van der Waals surface area contributed by atoms with Crippen LogP contribution in [0.1, 0.15) is 16.7 Å². The number of amides is 2. The number of nitrogens with zero attached hydrogens (tertiary/aromatic N) is 7. The van der Waals surface area contributed by atoms with Gasteiger partial charge in [-0.05, 0) is 55.4 Å². The number of carbonyl (C=O) groups excluding carboxylic acids is 1. The summed E-state index contributed by atoms with van der Waals surface area (Å²) in [5.74, 6) is 2.40. The van der Waals surface area contributed by atoms with Gasteiger partial charge in [0.25, 0.3) is 0 Å². The normalized spacial score (nSPS) is 15.7. The zero-order valence-corrected chi connectivity index (χ0v) is 26.0. The molecular formula is C32H35ClN8O3. The fourth-order valence-corrected chi connectivity index (χ4v) is 5.83. The molecule has 0 saturated carbocycles. The predicted molar refractivity (Wildman–Crippen MR) is 172 cm³/mol. The predicted octanol–water partition coefficient (Wildman–Crippen LogP) is 5.62. The Bertz CT molecular complexity index is 1640. The summed E-state index contributed by atoms with van der Waals surface area (Å²) in [6.07, 6.45) is 3.29. The van der Waals surface area contributed by atoms with Gasteiger partial charge >= 0.3 is 6.03 Å². The first-order valence-electron chi connectivity index (χ1n) is 14.4. The highest BCUT2D eigenvalue weighted by molar-refractivity contribution is 6.34. The Morgan fingerprint density at radius 2 is 1.80 bits per heavy atom. The van der Waals surface area contributed by atoms with E-state index in [-0.39, 0.29) is 12.6 Å². The van der Waals surface area contributed by atoms with Crippen molar-refractivity contribution in [1.82, 2.24) is 24.8 Å². The molecule has 1 saturated heterocycles. The van der Waals surface area contributed by atoms with Crippen molar-refractivity contribution in [3.63, 3.8) is 0 Å². The van der Waals surface area contributed by atoms with Crippen molar-refractivity contribution >= 4 is 46.6 Å². The molecular weight excluding hydrogens is 580 g/mol. The van der Waals surface area contributed by atoms with Crippen LogP contribution in [0.3, 0.4) is 0 Å². The second kappa shape index (κ2) is 12.7. The van der Waals surface area contributed by atoms with E-state index in [4.69, 9.17) is 26.1 Å². The number of methoxy groups -OCH3 is 2. The lowest BCUT2D eigenvalue weighted by molar-refractivity contribution is 0.148. The van der Waals surface area contributed by atoms with E-state index in [0.29, 0.717) is 39.8 Å². The van der Waals surface area contributed by atoms with Crippen LogP contribution in [0, 0.1) is 6.92 Å². The maximum atomic E-state index is 14.2. The lowest BCUT2D eigenvalue weighted by atomic mass is 10.1. The highest BCUT2D eigenvalue weighted by atomic mass is 35.5. The minimum absolute atomic E-state index is 0.246. The Balaban J connectivity index is 1.32. The maximum Gasteiger partial charge on any atom is 0.336 e. The number of pyridine rings is 1. The summed E-state index contributed by atoms with van der Waals surface area (Å²) in [6.45, 7) is 7.22. The van der Waals surface area contributed by atoms with Gasteiger partial charge in [0.15, 0.2) is 5.82 Å². The molecule has 2 aromatic heterocycles. The molecule has 6 rings (SSSR count). The van der Waals surface area contributed by atoms with Gasteiger partial charge in [0, 0.05) is 44.5 Å². The van der Waals surface area contributed by atoms with Crippen LogP contribution in [-0.2, 0) is 13.1 Å². The van der Waals surface area contributed by atoms with E-state index in [1.165, 1.54) is 10.5 Å². The van der Waals surface area contributed by atoms with E-state index >= 15 is 0 Å². The Kier molecular flexibility index (Phi) is 8.51. The molecule has 0 radical (unpaired) electrons. The van der Waals surface area contributed by atoms with E-state index < -0.39 is 0 Å². The summed E-state index contributed by atoms with van der Waals surface area (Å²) in [5.41, 5.74) is 4.13. The number of aryl methyl sites for hydroxylation is 1. The molecule has 1 N–H and O–H groups in total. The number of urea groups is 1. The molecule has 12 heteroatoms. The molecule has 0 atom stereocenters. The van der Waals surface area contributed by atoms with Gasteiger partial charge in [0.05, 0.1) is 43.4 Å². The Morgan fingerprint density at radius 3 is 2.50 bits per heavy atom. The van der Waals surface area contributed by atoms with Crippen LogP contribution in [0.25, 0.3) is 0 Å². The molecule has 11 nitrogen and oxygen atoms in total. The minimum atomic E-state index is -0.332. The van der Waals surface area contributed by atoms with Crippen molar-refractivity contribution in [2.45, 2.75) is 20.0 Å². The third-order valence-corrected chi connectivity index (χ3v) is 8.27. The number of hydrogen-bond acceptors (Lipinski definition) is 9. The summed E-state index contributed by atoms with van der Waals surface area (Å²) in [4.78, 5) is 36.0.